The molecule has 6 heteroatoms. The summed E-state index contributed by atoms with van der Waals surface area (Å²) >= 11 is 0. The van der Waals surface area contributed by atoms with Crippen LogP contribution in [0.1, 0.15) is 30.9 Å². The molecule has 1 aromatic heterocycles. The van der Waals surface area contributed by atoms with Gasteiger partial charge in [-0.3, -0.25) is 0 Å². The molecule has 1 aromatic carbocycles. The Morgan fingerprint density at radius 3 is 2.32 bits per heavy atom. The quantitative estimate of drug-likeness (QED) is 0.457. The van der Waals surface area contributed by atoms with Crippen molar-refractivity contribution in [2.24, 2.45) is 5.73 Å². The van der Waals surface area contributed by atoms with Crippen molar-refractivity contribution in [1.82, 2.24) is 0 Å². The van der Waals surface area contributed by atoms with Gasteiger partial charge in [0, 0.05) is 0 Å². The highest BCUT2D eigenvalue weighted by Gasteiger charge is 2.16. The Morgan fingerprint density at radius 2 is 1.91 bits per heavy atom. The van der Waals surface area contributed by atoms with E-state index in [0.717, 1.165) is 17.9 Å². The second-order valence-electron chi connectivity index (χ2n) is 5.53. The number of para-hydroxylation sites is 1. The first-order valence-corrected chi connectivity index (χ1v) is 9.71. The molecule has 22 heavy (non-hydrogen) atoms. The Bertz CT molecular complexity index is 661. The molecule has 1 atom stereocenters. The molecule has 5 nitrogen and oxygen atoms in total. The molecule has 0 saturated carbocycles. The highest BCUT2D eigenvalue weighted by molar-refractivity contribution is 7.70. The number of nitrogen functional groups attached to an aromatic ring is 1. The van der Waals surface area contributed by atoms with Gasteiger partial charge in [0.25, 0.3) is 0 Å². The molecule has 0 radical (unpaired) electrons. The maximum atomic E-state index is 11.6. The van der Waals surface area contributed by atoms with Crippen molar-refractivity contribution in [1.29, 1.82) is 0 Å². The van der Waals surface area contributed by atoms with Gasteiger partial charge in [0.15, 0.2) is 0 Å². The van der Waals surface area contributed by atoms with Crippen LogP contribution in [-0.4, -0.2) is 18.4 Å². The van der Waals surface area contributed by atoms with Gasteiger partial charge < -0.3 is 25.6 Å². The lowest BCUT2D eigenvalue weighted by Gasteiger charge is -2.10. The molecule has 0 aliphatic heterocycles. The second kappa shape index (κ2) is 7.52. The predicted molar refractivity (Wildman–Crippen MR) is 92.3 cm³/mol. The third-order valence-corrected chi connectivity index (χ3v) is 4.71. The highest BCUT2D eigenvalue weighted by atomic mass is 31.2. The molecule has 0 aliphatic rings. The number of phenols is 1. The summed E-state index contributed by atoms with van der Waals surface area (Å²) in [6.07, 6.45) is 0.924. The van der Waals surface area contributed by atoms with E-state index in [1.807, 2.05) is 26.0 Å². The Labute approximate surface area is 131 Å². The summed E-state index contributed by atoms with van der Waals surface area (Å²) in [7, 11) is -2.41. The number of hydrogen-bond donors (Lipinski definition) is 3. The second-order valence-corrected chi connectivity index (χ2v) is 8.71. The van der Waals surface area contributed by atoms with Gasteiger partial charge in [0.2, 0.25) is 0 Å². The summed E-state index contributed by atoms with van der Waals surface area (Å²) in [4.78, 5) is 0. The molecule has 0 amide bonds. The molecule has 0 bridgehead atoms. The van der Waals surface area contributed by atoms with Crippen LogP contribution in [-0.2, 0) is 4.57 Å². The van der Waals surface area contributed by atoms with E-state index in [0.29, 0.717) is 5.30 Å². The number of anilines is 1. The lowest BCUT2D eigenvalue weighted by atomic mass is 10.2. The molecule has 0 spiro atoms. The van der Waals surface area contributed by atoms with Crippen LogP contribution in [0.3, 0.4) is 0 Å². The molecular weight excluding hydrogens is 299 g/mol. The normalized spacial score (nSPS) is 12.4. The van der Waals surface area contributed by atoms with Crippen molar-refractivity contribution >= 4 is 18.1 Å². The van der Waals surface area contributed by atoms with Crippen molar-refractivity contribution in [3.05, 3.63) is 41.9 Å². The maximum absolute atomic E-state index is 11.6. The Kier molecular flexibility index (Phi) is 6.27. The number of furan rings is 1. The number of phenolic OH excluding ortho intramolecular Hbond substituents is 1. The minimum atomic E-state index is -2.41. The number of hydrogen-bond acceptors (Lipinski definition) is 5. The maximum Gasteiger partial charge on any atom is 0.149 e. The van der Waals surface area contributed by atoms with Crippen molar-refractivity contribution in [2.45, 2.75) is 26.3 Å². The van der Waals surface area contributed by atoms with Gasteiger partial charge in [-0.15, -0.1) is 0 Å². The van der Waals surface area contributed by atoms with Crippen molar-refractivity contribution in [2.75, 3.05) is 19.1 Å². The molecule has 2 rings (SSSR count). The first-order chi connectivity index (χ1) is 10.2. The van der Waals surface area contributed by atoms with Crippen molar-refractivity contribution in [3.8, 4) is 5.75 Å². The minimum absolute atomic E-state index is 0.0502. The third kappa shape index (κ3) is 4.93. The van der Waals surface area contributed by atoms with E-state index in [2.05, 4.69) is 0 Å². The third-order valence-electron chi connectivity index (χ3n) is 3.19. The van der Waals surface area contributed by atoms with Crippen LogP contribution >= 0.6 is 7.14 Å². The molecule has 0 unspecified atom stereocenters. The molecule has 122 valence electrons. The summed E-state index contributed by atoms with van der Waals surface area (Å²) in [5.41, 5.74) is 11.4. The van der Waals surface area contributed by atoms with Crippen LogP contribution < -0.4 is 16.8 Å². The zero-order valence-electron chi connectivity index (χ0n) is 13.5. The van der Waals surface area contributed by atoms with Crippen molar-refractivity contribution in [3.63, 3.8) is 0 Å². The predicted octanol–water partition coefficient (Wildman–Crippen LogP) is 3.22. The lowest BCUT2D eigenvalue weighted by molar-refractivity contribution is 0.441. The van der Waals surface area contributed by atoms with Gasteiger partial charge in [-0.25, -0.2) is 0 Å². The molecule has 0 fully saturated rings. The van der Waals surface area contributed by atoms with Gasteiger partial charge in [0.1, 0.15) is 24.4 Å². The Morgan fingerprint density at radius 1 is 1.27 bits per heavy atom. The van der Waals surface area contributed by atoms with Crippen LogP contribution in [0.5, 0.6) is 5.75 Å². The minimum Gasteiger partial charge on any atom is -0.505 e. The van der Waals surface area contributed by atoms with Gasteiger partial charge in [-0.05, 0) is 50.9 Å². The zero-order chi connectivity index (χ0) is 16.9. The lowest BCUT2D eigenvalue weighted by Crippen LogP contribution is -2.06. The van der Waals surface area contributed by atoms with Crippen LogP contribution in [0.25, 0.3) is 0 Å². The summed E-state index contributed by atoms with van der Waals surface area (Å²) in [6.45, 7) is 7.16. The standard InChI is InChI=1S/C8H12NO2P.C8H13NO/c1-12(2,11)7-5-3-4-6(9)8(7)10;1-3-7(9)8-5-4-6(2)10-8/h3-5,10H,9H2,1-2H3;4-5,7H,3,9H2,1-2H3/t;7-/m.1/s1. The summed E-state index contributed by atoms with van der Waals surface area (Å²) in [5.74, 6) is 1.77. The topological polar surface area (TPSA) is 102 Å². The molecule has 1 heterocycles. The van der Waals surface area contributed by atoms with E-state index in [1.54, 1.807) is 31.5 Å². The van der Waals surface area contributed by atoms with Crippen LogP contribution in [0.15, 0.2) is 34.7 Å². The van der Waals surface area contributed by atoms with Gasteiger partial charge in [0.05, 0.1) is 17.0 Å². The number of aromatic hydroxyl groups is 1. The average Bonchev–Trinajstić information content (AvgIpc) is 2.87. The van der Waals surface area contributed by atoms with E-state index in [9.17, 15) is 9.67 Å². The molecular formula is C16H25N2O3P. The Hall–Kier alpha value is -1.71. The van der Waals surface area contributed by atoms with Gasteiger partial charge in [-0.1, -0.05) is 13.0 Å². The number of benzene rings is 1. The van der Waals surface area contributed by atoms with Crippen LogP contribution in [0.2, 0.25) is 0 Å². The smallest absolute Gasteiger partial charge is 0.149 e. The van der Waals surface area contributed by atoms with Crippen molar-refractivity contribution < 1.29 is 14.1 Å². The first kappa shape index (κ1) is 18.3. The largest absolute Gasteiger partial charge is 0.505 e. The van der Waals surface area contributed by atoms with Crippen LogP contribution in [0.4, 0.5) is 5.69 Å². The number of aryl methyl sites for hydroxylation is 1. The average molecular weight is 324 g/mol. The first-order valence-electron chi connectivity index (χ1n) is 7.11. The SMILES string of the molecule is CC[C@@H](N)c1ccc(C)o1.CP(C)(=O)c1cccc(N)c1O. The summed E-state index contributed by atoms with van der Waals surface area (Å²) in [5, 5.41) is 9.88. The van der Waals surface area contributed by atoms with E-state index < -0.39 is 7.14 Å². The number of rotatable bonds is 3. The van der Waals surface area contributed by atoms with Gasteiger partial charge in [-0.2, -0.15) is 0 Å². The fourth-order valence-corrected chi connectivity index (χ4v) is 2.92. The fourth-order valence-electron chi connectivity index (χ4n) is 1.84. The van der Waals surface area contributed by atoms with Crippen LogP contribution in [0, 0.1) is 6.92 Å². The van der Waals surface area contributed by atoms with E-state index in [1.165, 1.54) is 0 Å². The van der Waals surface area contributed by atoms with E-state index >= 15 is 0 Å². The Balaban J connectivity index is 0.000000224. The monoisotopic (exact) mass is 324 g/mol. The molecule has 5 N–H and O–H groups in total. The molecule has 0 saturated heterocycles. The fraction of sp³-hybridized carbons (Fsp3) is 0.375. The van der Waals surface area contributed by atoms with E-state index in [-0.39, 0.29) is 17.5 Å². The van der Waals surface area contributed by atoms with Gasteiger partial charge >= 0.3 is 0 Å². The zero-order valence-corrected chi connectivity index (χ0v) is 14.4. The number of nitrogens with two attached hydrogens (primary N) is 2. The molecule has 2 aromatic rings. The highest BCUT2D eigenvalue weighted by Crippen LogP contribution is 2.39. The summed E-state index contributed by atoms with van der Waals surface area (Å²) < 4.78 is 16.9. The molecule has 0 aliphatic carbocycles. The van der Waals surface area contributed by atoms with E-state index in [4.69, 9.17) is 15.9 Å². The summed E-state index contributed by atoms with van der Waals surface area (Å²) in [6, 6.07) is 8.83.